The lowest BCUT2D eigenvalue weighted by Crippen LogP contribution is -2.26. The maximum absolute atomic E-state index is 2.61. The SMILES string of the molecule is CCCCCCCCCCCCCCCCC1(CCCCCCCCCCCCCCCC)c2ccccc2-c2ccc(N(c3ccc(C)cc3)c3ccc(C)cc3)cc21. The quantitative estimate of drug-likeness (QED) is 0.0433. The Labute approximate surface area is 370 Å². The van der Waals surface area contributed by atoms with Crippen LogP contribution in [0.15, 0.2) is 91.0 Å². The molecule has 0 bridgehead atoms. The van der Waals surface area contributed by atoms with Crippen LogP contribution in [0.2, 0.25) is 0 Å². The van der Waals surface area contributed by atoms with Crippen molar-refractivity contribution in [3.8, 4) is 11.1 Å². The Morgan fingerprint density at radius 2 is 0.667 bits per heavy atom. The van der Waals surface area contributed by atoms with Gasteiger partial charge in [-0.1, -0.05) is 259 Å². The lowest BCUT2D eigenvalue weighted by Gasteiger charge is -2.34. The van der Waals surface area contributed by atoms with Crippen LogP contribution >= 0.6 is 0 Å². The number of fused-ring (bicyclic) bond motifs is 3. The molecule has 5 rings (SSSR count). The number of aryl methyl sites for hydroxylation is 2. The van der Waals surface area contributed by atoms with Gasteiger partial charge >= 0.3 is 0 Å². The molecule has 0 aliphatic heterocycles. The first-order chi connectivity index (χ1) is 29.6. The molecule has 0 N–H and O–H groups in total. The molecular weight excluding hydrogens is 723 g/mol. The van der Waals surface area contributed by atoms with Crippen molar-refractivity contribution in [3.05, 3.63) is 113 Å². The highest BCUT2D eigenvalue weighted by Crippen LogP contribution is 2.55. The maximum Gasteiger partial charge on any atom is 0.0465 e. The average molecular weight is 810 g/mol. The van der Waals surface area contributed by atoms with E-state index in [1.807, 2.05) is 0 Å². The van der Waals surface area contributed by atoms with E-state index in [1.165, 1.54) is 232 Å². The standard InChI is InChI=1S/C59H87N/c1-5-7-9-11-13-15-17-19-21-23-25-27-29-33-47-59(48-34-30-28-26-24-22-20-18-16-14-12-10-8-6-2)57-36-32-31-35-55(57)56-46-45-54(49-58(56)59)60(52-41-37-50(3)38-42-52)53-43-39-51(4)40-44-53/h31-32,35-46,49H,5-30,33-34,47-48H2,1-4H3. The minimum atomic E-state index is 0.0718. The van der Waals surface area contributed by atoms with E-state index in [0.29, 0.717) is 0 Å². The first-order valence-corrected chi connectivity index (χ1v) is 25.8. The highest BCUT2D eigenvalue weighted by molar-refractivity contribution is 5.85. The third-order valence-electron chi connectivity index (χ3n) is 14.0. The molecular formula is C59H87N. The highest BCUT2D eigenvalue weighted by atomic mass is 15.1. The average Bonchev–Trinajstić information content (AvgIpc) is 3.54. The summed E-state index contributed by atoms with van der Waals surface area (Å²) in [6.07, 6.45) is 42.0. The summed E-state index contributed by atoms with van der Waals surface area (Å²) >= 11 is 0. The number of hydrogen-bond acceptors (Lipinski definition) is 1. The second kappa shape index (κ2) is 27.6. The highest BCUT2D eigenvalue weighted by Gasteiger charge is 2.42. The molecule has 1 aliphatic rings. The predicted octanol–water partition coefficient (Wildman–Crippen LogP) is 19.8. The lowest BCUT2D eigenvalue weighted by atomic mass is 9.70. The molecule has 0 fully saturated rings. The van der Waals surface area contributed by atoms with E-state index < -0.39 is 0 Å². The molecule has 0 unspecified atom stereocenters. The van der Waals surface area contributed by atoms with Crippen molar-refractivity contribution >= 4 is 17.1 Å². The van der Waals surface area contributed by atoms with Gasteiger partial charge in [0.25, 0.3) is 0 Å². The second-order valence-electron chi connectivity index (χ2n) is 19.1. The third kappa shape index (κ3) is 14.9. The summed E-state index contributed by atoms with van der Waals surface area (Å²) in [6.45, 7) is 9.01. The van der Waals surface area contributed by atoms with E-state index in [-0.39, 0.29) is 5.41 Å². The van der Waals surface area contributed by atoms with Crippen LogP contribution in [0.5, 0.6) is 0 Å². The molecule has 0 amide bonds. The Hall–Kier alpha value is -3.32. The van der Waals surface area contributed by atoms with Crippen molar-refractivity contribution in [3.63, 3.8) is 0 Å². The van der Waals surface area contributed by atoms with Crippen LogP contribution in [-0.4, -0.2) is 0 Å². The molecule has 0 heterocycles. The van der Waals surface area contributed by atoms with Gasteiger partial charge in [-0.25, -0.2) is 0 Å². The summed E-state index contributed by atoms with van der Waals surface area (Å²) in [5, 5.41) is 0. The lowest BCUT2D eigenvalue weighted by molar-refractivity contribution is 0.397. The van der Waals surface area contributed by atoms with Crippen LogP contribution < -0.4 is 4.90 Å². The fraction of sp³-hybridized carbons (Fsp3) is 0.593. The molecule has 4 aromatic carbocycles. The van der Waals surface area contributed by atoms with Gasteiger partial charge in [0.2, 0.25) is 0 Å². The Balaban J connectivity index is 1.25. The summed E-state index contributed by atoms with van der Waals surface area (Å²) in [5.74, 6) is 0. The van der Waals surface area contributed by atoms with Gasteiger partial charge in [0.05, 0.1) is 0 Å². The van der Waals surface area contributed by atoms with E-state index in [9.17, 15) is 0 Å². The van der Waals surface area contributed by atoms with Crippen LogP contribution in [-0.2, 0) is 5.41 Å². The van der Waals surface area contributed by atoms with Crippen molar-refractivity contribution in [2.75, 3.05) is 4.90 Å². The maximum atomic E-state index is 2.61. The van der Waals surface area contributed by atoms with Gasteiger partial charge in [0, 0.05) is 22.5 Å². The zero-order valence-electron chi connectivity index (χ0n) is 39.3. The number of hydrogen-bond donors (Lipinski definition) is 0. The van der Waals surface area contributed by atoms with Crippen LogP contribution in [0.1, 0.15) is 229 Å². The van der Waals surface area contributed by atoms with Gasteiger partial charge in [0.1, 0.15) is 0 Å². The minimum Gasteiger partial charge on any atom is -0.310 e. The van der Waals surface area contributed by atoms with Crippen molar-refractivity contribution in [1.29, 1.82) is 0 Å². The van der Waals surface area contributed by atoms with Crippen LogP contribution in [0.4, 0.5) is 17.1 Å². The molecule has 1 aliphatic carbocycles. The first-order valence-electron chi connectivity index (χ1n) is 25.8. The molecule has 0 atom stereocenters. The molecule has 328 valence electrons. The zero-order chi connectivity index (χ0) is 42.1. The van der Waals surface area contributed by atoms with Crippen molar-refractivity contribution in [1.82, 2.24) is 0 Å². The number of anilines is 3. The Morgan fingerprint density at radius 3 is 1.07 bits per heavy atom. The zero-order valence-corrected chi connectivity index (χ0v) is 39.3. The van der Waals surface area contributed by atoms with Crippen LogP contribution in [0.25, 0.3) is 11.1 Å². The molecule has 60 heavy (non-hydrogen) atoms. The minimum absolute atomic E-state index is 0.0718. The fourth-order valence-corrected chi connectivity index (χ4v) is 10.3. The van der Waals surface area contributed by atoms with Crippen LogP contribution in [0.3, 0.4) is 0 Å². The molecule has 0 radical (unpaired) electrons. The van der Waals surface area contributed by atoms with E-state index in [2.05, 4.69) is 124 Å². The monoisotopic (exact) mass is 810 g/mol. The normalized spacial score (nSPS) is 12.8. The van der Waals surface area contributed by atoms with E-state index in [1.54, 1.807) is 11.1 Å². The molecule has 0 spiro atoms. The molecule has 0 saturated carbocycles. The Morgan fingerprint density at radius 1 is 0.333 bits per heavy atom. The van der Waals surface area contributed by atoms with E-state index >= 15 is 0 Å². The summed E-state index contributed by atoms with van der Waals surface area (Å²) < 4.78 is 0. The number of unbranched alkanes of at least 4 members (excludes halogenated alkanes) is 26. The fourth-order valence-electron chi connectivity index (χ4n) is 10.3. The van der Waals surface area contributed by atoms with Gasteiger partial charge in [-0.05, 0) is 85.3 Å². The number of rotatable bonds is 33. The van der Waals surface area contributed by atoms with Gasteiger partial charge in [-0.2, -0.15) is 0 Å². The van der Waals surface area contributed by atoms with Crippen molar-refractivity contribution in [2.24, 2.45) is 0 Å². The van der Waals surface area contributed by atoms with Gasteiger partial charge in [0.15, 0.2) is 0 Å². The smallest absolute Gasteiger partial charge is 0.0465 e. The van der Waals surface area contributed by atoms with Gasteiger partial charge in [-0.15, -0.1) is 0 Å². The molecule has 1 nitrogen and oxygen atoms in total. The van der Waals surface area contributed by atoms with E-state index in [0.717, 1.165) is 0 Å². The van der Waals surface area contributed by atoms with Gasteiger partial charge in [-0.3, -0.25) is 0 Å². The molecule has 1 heteroatoms. The number of benzene rings is 4. The largest absolute Gasteiger partial charge is 0.310 e. The van der Waals surface area contributed by atoms with E-state index in [4.69, 9.17) is 0 Å². The summed E-state index contributed by atoms with van der Waals surface area (Å²) in [7, 11) is 0. The molecule has 4 aromatic rings. The summed E-state index contributed by atoms with van der Waals surface area (Å²) in [5.41, 5.74) is 12.5. The van der Waals surface area contributed by atoms with Crippen molar-refractivity contribution in [2.45, 2.75) is 226 Å². The Bertz CT molecular complexity index is 1640. The second-order valence-corrected chi connectivity index (χ2v) is 19.1. The van der Waals surface area contributed by atoms with Crippen molar-refractivity contribution < 1.29 is 0 Å². The predicted molar refractivity (Wildman–Crippen MR) is 267 cm³/mol. The topological polar surface area (TPSA) is 3.24 Å². The van der Waals surface area contributed by atoms with Crippen LogP contribution in [0, 0.1) is 13.8 Å². The van der Waals surface area contributed by atoms with Gasteiger partial charge < -0.3 is 4.90 Å². The molecule has 0 saturated heterocycles. The first kappa shape index (κ1) is 47.7. The Kier molecular flexibility index (Phi) is 21.9. The number of nitrogens with zero attached hydrogens (tertiary/aromatic N) is 1. The summed E-state index contributed by atoms with van der Waals surface area (Å²) in [4.78, 5) is 2.49. The third-order valence-corrected chi connectivity index (χ3v) is 14.0. The summed E-state index contributed by atoms with van der Waals surface area (Å²) in [6, 6.07) is 35.2. The molecule has 0 aromatic heterocycles.